The van der Waals surface area contributed by atoms with Gasteiger partial charge in [0.2, 0.25) is 5.91 Å². The number of amides is 1. The van der Waals surface area contributed by atoms with Crippen LogP contribution in [0.1, 0.15) is 12.8 Å². The summed E-state index contributed by atoms with van der Waals surface area (Å²) in [6.07, 6.45) is 1.37. The van der Waals surface area contributed by atoms with E-state index in [1.165, 1.54) is 0 Å². The van der Waals surface area contributed by atoms with Crippen LogP contribution in [0.2, 0.25) is 10.0 Å². The van der Waals surface area contributed by atoms with Crippen LogP contribution in [0, 0.1) is 0 Å². The highest BCUT2D eigenvalue weighted by molar-refractivity contribution is 6.42. The number of hydrogen-bond acceptors (Lipinski definition) is 3. The number of likely N-dealkylation sites (tertiary alicyclic amines) is 1. The lowest BCUT2D eigenvalue weighted by Crippen LogP contribution is -2.40. The van der Waals surface area contributed by atoms with Gasteiger partial charge in [-0.25, -0.2) is 0 Å². The molecular weight excluding hydrogens is 303 g/mol. The first-order valence-electron chi connectivity index (χ1n) is 6.19. The topological polar surface area (TPSA) is 69.6 Å². The monoisotopic (exact) mass is 316 g/mol. The second-order valence-electron chi connectivity index (χ2n) is 4.64. The van der Waals surface area contributed by atoms with Gasteiger partial charge in [-0.3, -0.25) is 14.5 Å². The molecule has 0 spiro atoms. The Bertz CT molecular complexity index is 536. The number of benzene rings is 1. The number of halogens is 2. The summed E-state index contributed by atoms with van der Waals surface area (Å²) >= 11 is 11.7. The Morgan fingerprint density at radius 2 is 2.10 bits per heavy atom. The van der Waals surface area contributed by atoms with Crippen molar-refractivity contribution in [1.29, 1.82) is 0 Å². The minimum atomic E-state index is -0.884. The molecule has 1 aromatic rings. The molecule has 0 aromatic heterocycles. The Kier molecular flexibility index (Phi) is 4.86. The first-order chi connectivity index (χ1) is 9.47. The molecule has 2 rings (SSSR count). The second kappa shape index (κ2) is 6.43. The van der Waals surface area contributed by atoms with Crippen molar-refractivity contribution in [3.63, 3.8) is 0 Å². The maximum atomic E-state index is 11.9. The van der Waals surface area contributed by atoms with Crippen LogP contribution >= 0.6 is 23.2 Å². The van der Waals surface area contributed by atoms with E-state index in [2.05, 4.69) is 5.32 Å². The van der Waals surface area contributed by atoms with Gasteiger partial charge in [0, 0.05) is 5.69 Å². The molecule has 2 N–H and O–H groups in total. The first kappa shape index (κ1) is 15.1. The van der Waals surface area contributed by atoms with E-state index in [1.807, 2.05) is 0 Å². The summed E-state index contributed by atoms with van der Waals surface area (Å²) in [6, 6.07) is 4.22. The smallest absolute Gasteiger partial charge is 0.320 e. The normalized spacial score (nSPS) is 19.0. The maximum Gasteiger partial charge on any atom is 0.320 e. The van der Waals surface area contributed by atoms with E-state index in [4.69, 9.17) is 28.3 Å². The van der Waals surface area contributed by atoms with E-state index in [0.29, 0.717) is 28.7 Å². The summed E-state index contributed by atoms with van der Waals surface area (Å²) in [7, 11) is 0. The number of rotatable bonds is 4. The van der Waals surface area contributed by atoms with E-state index < -0.39 is 12.0 Å². The Balaban J connectivity index is 1.95. The number of aliphatic carboxylic acids is 1. The van der Waals surface area contributed by atoms with E-state index in [-0.39, 0.29) is 12.5 Å². The lowest BCUT2D eigenvalue weighted by Gasteiger charge is -2.20. The van der Waals surface area contributed by atoms with Gasteiger partial charge in [0.1, 0.15) is 6.04 Å². The second-order valence-corrected chi connectivity index (χ2v) is 5.46. The number of carbonyl (C=O) groups is 2. The molecule has 1 aliphatic heterocycles. The molecule has 1 saturated heterocycles. The molecule has 1 amide bonds. The zero-order valence-electron chi connectivity index (χ0n) is 10.6. The van der Waals surface area contributed by atoms with Crippen LogP contribution < -0.4 is 5.32 Å². The van der Waals surface area contributed by atoms with Crippen molar-refractivity contribution in [3.05, 3.63) is 28.2 Å². The Morgan fingerprint density at radius 3 is 2.75 bits per heavy atom. The van der Waals surface area contributed by atoms with Gasteiger partial charge in [0.15, 0.2) is 0 Å². The van der Waals surface area contributed by atoms with Gasteiger partial charge in [-0.05, 0) is 37.6 Å². The highest BCUT2D eigenvalue weighted by Gasteiger charge is 2.31. The van der Waals surface area contributed by atoms with Gasteiger partial charge in [-0.2, -0.15) is 0 Å². The molecule has 0 unspecified atom stereocenters. The fraction of sp³-hybridized carbons (Fsp3) is 0.385. The number of nitrogens with one attached hydrogen (secondary N) is 1. The SMILES string of the molecule is O=C(CN1CCC[C@@H]1C(=O)O)Nc1ccc(Cl)c(Cl)c1. The van der Waals surface area contributed by atoms with Crippen molar-refractivity contribution in [2.24, 2.45) is 0 Å². The Morgan fingerprint density at radius 1 is 1.35 bits per heavy atom. The van der Waals surface area contributed by atoms with Crippen molar-refractivity contribution >= 4 is 40.8 Å². The molecule has 0 saturated carbocycles. The van der Waals surface area contributed by atoms with Crippen LogP contribution in [0.15, 0.2) is 18.2 Å². The van der Waals surface area contributed by atoms with Crippen molar-refractivity contribution < 1.29 is 14.7 Å². The number of carboxylic acid groups (broad SMARTS) is 1. The zero-order chi connectivity index (χ0) is 14.7. The third kappa shape index (κ3) is 3.62. The zero-order valence-corrected chi connectivity index (χ0v) is 12.1. The van der Waals surface area contributed by atoms with Crippen molar-refractivity contribution in [3.8, 4) is 0 Å². The highest BCUT2D eigenvalue weighted by atomic mass is 35.5. The fourth-order valence-electron chi connectivity index (χ4n) is 2.25. The van der Waals surface area contributed by atoms with Gasteiger partial charge in [-0.15, -0.1) is 0 Å². The van der Waals surface area contributed by atoms with Crippen LogP contribution in [-0.4, -0.2) is 41.0 Å². The van der Waals surface area contributed by atoms with Gasteiger partial charge in [-0.1, -0.05) is 23.2 Å². The summed E-state index contributed by atoms with van der Waals surface area (Å²) in [5, 5.41) is 12.5. The van der Waals surface area contributed by atoms with Crippen LogP contribution in [0.3, 0.4) is 0 Å². The van der Waals surface area contributed by atoms with Gasteiger partial charge >= 0.3 is 5.97 Å². The van der Waals surface area contributed by atoms with E-state index in [0.717, 1.165) is 6.42 Å². The quantitative estimate of drug-likeness (QED) is 0.895. The minimum absolute atomic E-state index is 0.0528. The predicted octanol–water partition coefficient (Wildman–Crippen LogP) is 2.48. The molecule has 1 heterocycles. The fourth-order valence-corrected chi connectivity index (χ4v) is 2.55. The largest absolute Gasteiger partial charge is 0.480 e. The Labute approximate surface area is 126 Å². The molecule has 0 radical (unpaired) electrons. The molecule has 7 heteroatoms. The van der Waals surface area contributed by atoms with E-state index in [1.54, 1.807) is 23.1 Å². The molecule has 5 nitrogen and oxygen atoms in total. The number of carboxylic acids is 1. The highest BCUT2D eigenvalue weighted by Crippen LogP contribution is 2.25. The molecule has 0 aliphatic carbocycles. The van der Waals surface area contributed by atoms with Crippen molar-refractivity contribution in [2.45, 2.75) is 18.9 Å². The van der Waals surface area contributed by atoms with Crippen LogP contribution in [0.5, 0.6) is 0 Å². The third-order valence-corrected chi connectivity index (χ3v) is 3.94. The number of hydrogen-bond donors (Lipinski definition) is 2. The number of anilines is 1. The first-order valence-corrected chi connectivity index (χ1v) is 6.94. The molecule has 1 aliphatic rings. The average molecular weight is 317 g/mol. The van der Waals surface area contributed by atoms with Gasteiger partial charge in [0.25, 0.3) is 0 Å². The molecule has 1 aromatic carbocycles. The lowest BCUT2D eigenvalue weighted by molar-refractivity contribution is -0.142. The van der Waals surface area contributed by atoms with Crippen molar-refractivity contribution in [2.75, 3.05) is 18.4 Å². The summed E-state index contributed by atoms with van der Waals surface area (Å²) < 4.78 is 0. The van der Waals surface area contributed by atoms with Gasteiger partial charge < -0.3 is 10.4 Å². The number of carbonyl (C=O) groups excluding carboxylic acids is 1. The third-order valence-electron chi connectivity index (χ3n) is 3.20. The average Bonchev–Trinajstić information content (AvgIpc) is 2.82. The molecule has 0 bridgehead atoms. The Hall–Kier alpha value is -1.30. The van der Waals surface area contributed by atoms with Gasteiger partial charge in [0.05, 0.1) is 16.6 Å². The minimum Gasteiger partial charge on any atom is -0.480 e. The summed E-state index contributed by atoms with van der Waals surface area (Å²) in [6.45, 7) is 0.670. The predicted molar refractivity (Wildman–Crippen MR) is 77.3 cm³/mol. The molecule has 20 heavy (non-hydrogen) atoms. The van der Waals surface area contributed by atoms with Crippen LogP contribution in [0.4, 0.5) is 5.69 Å². The van der Waals surface area contributed by atoms with Crippen LogP contribution in [-0.2, 0) is 9.59 Å². The van der Waals surface area contributed by atoms with E-state index in [9.17, 15) is 9.59 Å². The molecule has 1 fully saturated rings. The molecule has 1 atom stereocenters. The molecule has 108 valence electrons. The van der Waals surface area contributed by atoms with E-state index >= 15 is 0 Å². The maximum absolute atomic E-state index is 11.9. The lowest BCUT2D eigenvalue weighted by atomic mass is 10.2. The summed E-state index contributed by atoms with van der Waals surface area (Å²) in [4.78, 5) is 24.6. The molecular formula is C13H14Cl2N2O3. The van der Waals surface area contributed by atoms with Crippen molar-refractivity contribution in [1.82, 2.24) is 4.90 Å². The van der Waals surface area contributed by atoms with Crippen LogP contribution in [0.25, 0.3) is 0 Å². The summed E-state index contributed by atoms with van der Waals surface area (Å²) in [5.41, 5.74) is 0.537. The summed E-state index contributed by atoms with van der Waals surface area (Å²) in [5.74, 6) is -1.15. The standard InChI is InChI=1S/C13H14Cl2N2O3/c14-9-4-3-8(6-10(9)15)16-12(18)7-17-5-1-2-11(17)13(19)20/h3-4,6,11H,1-2,5,7H2,(H,16,18)(H,19,20)/t11-/m1/s1. The number of nitrogens with zero attached hydrogens (tertiary/aromatic N) is 1.